The molecule has 130 valence electrons. The molecule has 1 aliphatic heterocycles. The Bertz CT molecular complexity index is 734. The molecule has 25 heavy (non-hydrogen) atoms. The van der Waals surface area contributed by atoms with E-state index < -0.39 is 12.1 Å². The summed E-state index contributed by atoms with van der Waals surface area (Å²) in [6.45, 7) is 0.650. The zero-order valence-corrected chi connectivity index (χ0v) is 13.7. The van der Waals surface area contributed by atoms with Gasteiger partial charge in [-0.3, -0.25) is 9.69 Å². The van der Waals surface area contributed by atoms with Crippen molar-refractivity contribution in [3.8, 4) is 0 Å². The Hall–Kier alpha value is -2.89. The van der Waals surface area contributed by atoms with E-state index in [0.717, 1.165) is 12.0 Å². The predicted octanol–water partition coefficient (Wildman–Crippen LogP) is 3.57. The summed E-state index contributed by atoms with van der Waals surface area (Å²) in [4.78, 5) is 26.2. The zero-order chi connectivity index (χ0) is 17.6. The first-order valence-corrected chi connectivity index (χ1v) is 8.17. The summed E-state index contributed by atoms with van der Waals surface area (Å²) in [7, 11) is 0. The number of likely N-dealkylation sites (tertiary alicyclic amines) is 1. The first kappa shape index (κ1) is 17.0. The van der Waals surface area contributed by atoms with Crippen LogP contribution in [0.4, 0.5) is 14.9 Å². The van der Waals surface area contributed by atoms with Crippen LogP contribution >= 0.6 is 0 Å². The summed E-state index contributed by atoms with van der Waals surface area (Å²) < 4.78 is 18.3. The molecule has 0 unspecified atom stereocenters. The van der Waals surface area contributed by atoms with Gasteiger partial charge in [-0.25, -0.2) is 9.18 Å². The standard InChI is InChI=1S/C19H19FN2O3/c20-15-8-10-16(11-9-15)21-18(23)17-7-4-12-22(17)19(24)25-13-14-5-2-1-3-6-14/h1-3,5-6,8-11,17H,4,7,12-13H2,(H,21,23)/t17-/m0/s1. The summed E-state index contributed by atoms with van der Waals surface area (Å²) in [5.74, 6) is -0.661. The molecule has 1 aliphatic rings. The molecule has 0 radical (unpaired) electrons. The molecular formula is C19H19FN2O3. The summed E-state index contributed by atoms with van der Waals surface area (Å²) in [6, 6.07) is 14.3. The smallest absolute Gasteiger partial charge is 0.410 e. The minimum atomic E-state index is -0.576. The summed E-state index contributed by atoms with van der Waals surface area (Å²) >= 11 is 0. The van der Waals surface area contributed by atoms with Crippen LogP contribution < -0.4 is 5.32 Å². The monoisotopic (exact) mass is 342 g/mol. The molecule has 1 heterocycles. The maximum absolute atomic E-state index is 12.9. The number of rotatable bonds is 4. The molecule has 1 saturated heterocycles. The van der Waals surface area contributed by atoms with Gasteiger partial charge in [-0.15, -0.1) is 0 Å². The third-order valence-electron chi connectivity index (χ3n) is 4.11. The molecule has 6 heteroatoms. The number of anilines is 1. The van der Waals surface area contributed by atoms with Crippen molar-refractivity contribution in [2.24, 2.45) is 0 Å². The largest absolute Gasteiger partial charge is 0.445 e. The Morgan fingerprint density at radius 1 is 1.12 bits per heavy atom. The van der Waals surface area contributed by atoms with Gasteiger partial charge in [-0.1, -0.05) is 30.3 Å². The fourth-order valence-electron chi connectivity index (χ4n) is 2.82. The van der Waals surface area contributed by atoms with Crippen LogP contribution in [0.3, 0.4) is 0 Å². The summed E-state index contributed by atoms with van der Waals surface area (Å²) in [6.07, 6.45) is 0.815. The van der Waals surface area contributed by atoms with E-state index in [-0.39, 0.29) is 18.3 Å². The molecule has 0 bridgehead atoms. The van der Waals surface area contributed by atoms with Crippen LogP contribution in [0.1, 0.15) is 18.4 Å². The topological polar surface area (TPSA) is 58.6 Å². The van der Waals surface area contributed by atoms with Gasteiger partial charge in [0, 0.05) is 12.2 Å². The number of hydrogen-bond acceptors (Lipinski definition) is 3. The highest BCUT2D eigenvalue weighted by atomic mass is 19.1. The molecule has 2 aromatic rings. The third-order valence-corrected chi connectivity index (χ3v) is 4.11. The van der Waals surface area contributed by atoms with Crippen molar-refractivity contribution in [2.45, 2.75) is 25.5 Å². The van der Waals surface area contributed by atoms with Crippen LogP contribution in [0.25, 0.3) is 0 Å². The number of halogens is 1. The molecule has 0 spiro atoms. The molecule has 5 nitrogen and oxygen atoms in total. The maximum atomic E-state index is 12.9. The third kappa shape index (κ3) is 4.35. The van der Waals surface area contributed by atoms with E-state index in [1.165, 1.54) is 29.2 Å². The van der Waals surface area contributed by atoms with Gasteiger partial charge in [0.2, 0.25) is 5.91 Å². The van der Waals surface area contributed by atoms with E-state index in [1.807, 2.05) is 30.3 Å². The molecular weight excluding hydrogens is 323 g/mol. The molecule has 0 aromatic heterocycles. The number of carbonyl (C=O) groups is 2. The Labute approximate surface area is 145 Å². The van der Waals surface area contributed by atoms with Gasteiger partial charge in [0.15, 0.2) is 0 Å². The van der Waals surface area contributed by atoms with Crippen molar-refractivity contribution in [3.63, 3.8) is 0 Å². The van der Waals surface area contributed by atoms with Crippen molar-refractivity contribution in [1.82, 2.24) is 4.90 Å². The molecule has 0 saturated carbocycles. The van der Waals surface area contributed by atoms with Crippen LogP contribution in [-0.2, 0) is 16.1 Å². The second kappa shape index (κ2) is 7.79. The number of carbonyl (C=O) groups excluding carboxylic acids is 2. The van der Waals surface area contributed by atoms with Crippen LogP contribution in [0.2, 0.25) is 0 Å². The van der Waals surface area contributed by atoms with Crippen LogP contribution in [-0.4, -0.2) is 29.5 Å². The Kier molecular flexibility index (Phi) is 5.28. The van der Waals surface area contributed by atoms with Crippen molar-refractivity contribution in [2.75, 3.05) is 11.9 Å². The summed E-state index contributed by atoms with van der Waals surface area (Å²) in [5, 5.41) is 2.71. The lowest BCUT2D eigenvalue weighted by atomic mass is 10.2. The van der Waals surface area contributed by atoms with Crippen LogP contribution in [0.15, 0.2) is 54.6 Å². The van der Waals surface area contributed by atoms with Gasteiger partial charge in [-0.05, 0) is 42.7 Å². The average Bonchev–Trinajstić information content (AvgIpc) is 3.12. The molecule has 0 aliphatic carbocycles. The van der Waals surface area contributed by atoms with Crippen molar-refractivity contribution in [3.05, 3.63) is 66.0 Å². The molecule has 2 amide bonds. The van der Waals surface area contributed by atoms with Crippen molar-refractivity contribution < 1.29 is 18.7 Å². The highest BCUT2D eigenvalue weighted by Crippen LogP contribution is 2.21. The minimum absolute atomic E-state index is 0.169. The molecule has 1 N–H and O–H groups in total. The highest BCUT2D eigenvalue weighted by Gasteiger charge is 2.35. The van der Waals surface area contributed by atoms with Crippen LogP contribution in [0, 0.1) is 5.82 Å². The number of nitrogens with one attached hydrogen (secondary N) is 1. The number of amides is 2. The van der Waals surface area contributed by atoms with E-state index in [1.54, 1.807) is 0 Å². The summed E-state index contributed by atoms with van der Waals surface area (Å²) in [5.41, 5.74) is 1.39. The highest BCUT2D eigenvalue weighted by molar-refractivity contribution is 5.96. The SMILES string of the molecule is O=C(Nc1ccc(F)cc1)[C@@H]1CCCN1C(=O)OCc1ccccc1. The Balaban J connectivity index is 1.58. The van der Waals surface area contributed by atoms with Crippen molar-refractivity contribution >= 4 is 17.7 Å². The lowest BCUT2D eigenvalue weighted by molar-refractivity contribution is -0.120. The fraction of sp³-hybridized carbons (Fsp3) is 0.263. The lowest BCUT2D eigenvalue weighted by Crippen LogP contribution is -2.43. The van der Waals surface area contributed by atoms with Gasteiger partial charge in [-0.2, -0.15) is 0 Å². The molecule has 3 rings (SSSR count). The fourth-order valence-corrected chi connectivity index (χ4v) is 2.82. The van der Waals surface area contributed by atoms with E-state index in [0.29, 0.717) is 18.7 Å². The van der Waals surface area contributed by atoms with Gasteiger partial charge < -0.3 is 10.1 Å². The number of ether oxygens (including phenoxy) is 1. The number of hydrogen-bond donors (Lipinski definition) is 1. The first-order chi connectivity index (χ1) is 12.1. The molecule has 1 fully saturated rings. The van der Waals surface area contributed by atoms with Gasteiger partial charge in [0.1, 0.15) is 18.5 Å². The number of benzene rings is 2. The lowest BCUT2D eigenvalue weighted by Gasteiger charge is -2.23. The second-order valence-corrected chi connectivity index (χ2v) is 5.89. The predicted molar refractivity (Wildman–Crippen MR) is 91.4 cm³/mol. The number of nitrogens with zero attached hydrogens (tertiary/aromatic N) is 1. The minimum Gasteiger partial charge on any atom is -0.445 e. The Morgan fingerprint density at radius 3 is 2.56 bits per heavy atom. The van der Waals surface area contributed by atoms with E-state index in [4.69, 9.17) is 4.74 Å². The van der Waals surface area contributed by atoms with Crippen LogP contribution in [0.5, 0.6) is 0 Å². The zero-order valence-electron chi connectivity index (χ0n) is 13.7. The normalized spacial score (nSPS) is 16.5. The first-order valence-electron chi connectivity index (χ1n) is 8.17. The quantitative estimate of drug-likeness (QED) is 0.924. The average molecular weight is 342 g/mol. The molecule has 1 atom stereocenters. The van der Waals surface area contributed by atoms with Gasteiger partial charge >= 0.3 is 6.09 Å². The van der Waals surface area contributed by atoms with E-state index in [2.05, 4.69) is 5.32 Å². The van der Waals surface area contributed by atoms with Crippen molar-refractivity contribution in [1.29, 1.82) is 0 Å². The van der Waals surface area contributed by atoms with E-state index >= 15 is 0 Å². The second-order valence-electron chi connectivity index (χ2n) is 5.89. The van der Waals surface area contributed by atoms with Gasteiger partial charge in [0.25, 0.3) is 0 Å². The molecule has 2 aromatic carbocycles. The maximum Gasteiger partial charge on any atom is 0.410 e. The van der Waals surface area contributed by atoms with E-state index in [9.17, 15) is 14.0 Å². The Morgan fingerprint density at radius 2 is 1.84 bits per heavy atom. The van der Waals surface area contributed by atoms with Gasteiger partial charge in [0.05, 0.1) is 0 Å².